The van der Waals surface area contributed by atoms with E-state index in [4.69, 9.17) is 0 Å². The van der Waals surface area contributed by atoms with Crippen LogP contribution in [0.5, 0.6) is 0 Å². The average molecular weight is 178 g/mol. The van der Waals surface area contributed by atoms with Crippen molar-refractivity contribution in [2.75, 3.05) is 0 Å². The molecule has 0 spiro atoms. The monoisotopic (exact) mass is 178 g/mol. The van der Waals surface area contributed by atoms with Gasteiger partial charge in [0.15, 0.2) is 0 Å². The third-order valence-electron chi connectivity index (χ3n) is 1.05. The van der Waals surface area contributed by atoms with Gasteiger partial charge in [0.2, 0.25) is 0 Å². The first kappa shape index (κ1) is 11.7. The molecule has 0 heterocycles. The molecule has 0 aromatic heterocycles. The minimum absolute atomic E-state index is 0. The predicted octanol–water partition coefficient (Wildman–Crippen LogP) is 1.65. The van der Waals surface area contributed by atoms with E-state index < -0.39 is 0 Å². The van der Waals surface area contributed by atoms with Crippen LogP contribution in [0, 0.1) is 64.2 Å². The summed E-state index contributed by atoms with van der Waals surface area (Å²) in [5.41, 5.74) is 0. The van der Waals surface area contributed by atoms with Crippen LogP contribution in [0.4, 0.5) is 0 Å². The molecule has 0 unspecified atom stereocenters. The van der Waals surface area contributed by atoms with Gasteiger partial charge in [0.05, 0.1) is 0 Å². The molecule has 0 bridgehead atoms. The van der Waals surface area contributed by atoms with Gasteiger partial charge in [-0.25, -0.2) is 12.8 Å². The van der Waals surface area contributed by atoms with Crippen LogP contribution < -0.4 is 0 Å². The third kappa shape index (κ3) is 7.09. The van der Waals surface area contributed by atoms with Crippen molar-refractivity contribution in [3.8, 4) is 0 Å². The Labute approximate surface area is 86.0 Å². The van der Waals surface area contributed by atoms with Crippen LogP contribution in [-0.4, -0.2) is 0 Å². The molecular formula is C10H10Ti. The van der Waals surface area contributed by atoms with Crippen LogP contribution in [0.1, 0.15) is 0 Å². The van der Waals surface area contributed by atoms with Crippen molar-refractivity contribution in [1.29, 1.82) is 0 Å². The Morgan fingerprint density at radius 2 is 0.909 bits per heavy atom. The van der Waals surface area contributed by atoms with E-state index in [1.807, 2.05) is 57.8 Å². The summed E-state index contributed by atoms with van der Waals surface area (Å²) in [5.74, 6) is 0. The minimum atomic E-state index is 0. The molecule has 0 saturated heterocycles. The fourth-order valence-corrected chi connectivity index (χ4v) is 0.599. The standard InChI is InChI=1S/C5H5.C5H4.Ti.H/c2*1-2-4-5-3-1;;/h1-5H;1-4H;;/q;-1;+1;. The van der Waals surface area contributed by atoms with Crippen molar-refractivity contribution in [1.82, 2.24) is 0 Å². The second kappa shape index (κ2) is 8.81. The Hall–Kier alpha value is 0.714. The summed E-state index contributed by atoms with van der Waals surface area (Å²) in [7, 11) is 0. The summed E-state index contributed by atoms with van der Waals surface area (Å²) in [4.78, 5) is 0. The summed E-state index contributed by atoms with van der Waals surface area (Å²) in [6, 6.07) is 0. The van der Waals surface area contributed by atoms with Gasteiger partial charge < -0.3 is 6.42 Å². The van der Waals surface area contributed by atoms with E-state index in [2.05, 4.69) is 6.42 Å². The molecule has 0 atom stereocenters. The second-order valence-electron chi connectivity index (χ2n) is 1.85. The van der Waals surface area contributed by atoms with Gasteiger partial charge in [0.25, 0.3) is 0 Å². The van der Waals surface area contributed by atoms with Crippen LogP contribution in [0.2, 0.25) is 0 Å². The van der Waals surface area contributed by atoms with Gasteiger partial charge in [-0.05, 0) is 32.1 Å². The van der Waals surface area contributed by atoms with Gasteiger partial charge in [-0.15, -0.1) is 0 Å². The zero-order chi connectivity index (χ0) is 7.07. The number of hydrogen-bond donors (Lipinski definition) is 0. The van der Waals surface area contributed by atoms with E-state index >= 15 is 0 Å². The molecule has 0 N–H and O–H groups in total. The first-order valence-electron chi connectivity index (χ1n) is 3.24. The van der Waals surface area contributed by atoms with Crippen molar-refractivity contribution in [3.63, 3.8) is 0 Å². The molecule has 0 amide bonds. The van der Waals surface area contributed by atoms with E-state index in [-0.39, 0.29) is 21.7 Å². The third-order valence-corrected chi connectivity index (χ3v) is 1.05. The Bertz CT molecular complexity index is 38.1. The van der Waals surface area contributed by atoms with E-state index in [1.165, 1.54) is 0 Å². The summed E-state index contributed by atoms with van der Waals surface area (Å²) in [6.07, 6.45) is 20.5. The predicted molar refractivity (Wildman–Crippen MR) is 43.3 cm³/mol. The SMILES string of the molecule is [C-]1[CH][CH][CH][CH]1.[CH]1[CH][CH][CH][CH]1.[TiH+]. The van der Waals surface area contributed by atoms with Crippen LogP contribution >= 0.6 is 0 Å². The molecule has 0 aromatic carbocycles. The van der Waals surface area contributed by atoms with Crippen molar-refractivity contribution in [2.45, 2.75) is 0 Å². The topological polar surface area (TPSA) is 0 Å². The molecular weight excluding hydrogens is 168 g/mol. The van der Waals surface area contributed by atoms with Crippen molar-refractivity contribution < 1.29 is 21.7 Å². The normalized spacial score (nSPS) is 21.8. The first-order valence-corrected chi connectivity index (χ1v) is 3.24. The van der Waals surface area contributed by atoms with E-state index in [0.717, 1.165) is 0 Å². The summed E-state index contributed by atoms with van der Waals surface area (Å²) >= 11 is 0. The van der Waals surface area contributed by atoms with Crippen LogP contribution in [0.25, 0.3) is 0 Å². The molecule has 2 aliphatic carbocycles. The molecule has 2 rings (SSSR count). The molecule has 2 aliphatic rings. The Balaban J connectivity index is 0.000000167. The van der Waals surface area contributed by atoms with Gasteiger partial charge in [0.1, 0.15) is 0 Å². The van der Waals surface area contributed by atoms with Crippen molar-refractivity contribution >= 4 is 0 Å². The van der Waals surface area contributed by atoms with Crippen molar-refractivity contribution in [3.05, 3.63) is 64.2 Å². The maximum absolute atomic E-state index is 2.86. The number of rotatable bonds is 0. The fraction of sp³-hybridized carbons (Fsp3) is 0. The van der Waals surface area contributed by atoms with Gasteiger partial charge >= 0.3 is 21.7 Å². The van der Waals surface area contributed by atoms with E-state index in [1.54, 1.807) is 0 Å². The van der Waals surface area contributed by atoms with Gasteiger partial charge in [-0.1, -0.05) is 12.8 Å². The Kier molecular flexibility index (Phi) is 9.38. The summed E-state index contributed by atoms with van der Waals surface area (Å²) in [5, 5.41) is 0. The van der Waals surface area contributed by atoms with Crippen LogP contribution in [-0.2, 0) is 21.7 Å². The van der Waals surface area contributed by atoms with Crippen LogP contribution in [0.15, 0.2) is 0 Å². The quantitative estimate of drug-likeness (QED) is 0.390. The van der Waals surface area contributed by atoms with Gasteiger partial charge in [0, 0.05) is 0 Å². The maximum atomic E-state index is 2.86. The second-order valence-corrected chi connectivity index (χ2v) is 1.85. The Morgan fingerprint density at radius 3 is 1.09 bits per heavy atom. The van der Waals surface area contributed by atoms with Crippen LogP contribution in [0.3, 0.4) is 0 Å². The molecule has 2 saturated carbocycles. The average Bonchev–Trinajstić information content (AvgIpc) is 2.67. The van der Waals surface area contributed by atoms with Gasteiger partial charge in [-0.2, -0.15) is 0 Å². The first-order chi connectivity index (χ1) is 5.00. The fourth-order valence-electron chi connectivity index (χ4n) is 0.599. The molecule has 2 fully saturated rings. The molecule has 11 radical (unpaired) electrons. The van der Waals surface area contributed by atoms with E-state index in [9.17, 15) is 0 Å². The molecule has 0 nitrogen and oxygen atoms in total. The molecule has 11 heavy (non-hydrogen) atoms. The molecule has 1 heteroatoms. The summed E-state index contributed by atoms with van der Waals surface area (Å²) in [6.45, 7) is 0. The molecule has 0 aliphatic heterocycles. The van der Waals surface area contributed by atoms with Crippen molar-refractivity contribution in [2.24, 2.45) is 0 Å². The molecule has 54 valence electrons. The number of hydrogen-bond acceptors (Lipinski definition) is 0. The van der Waals surface area contributed by atoms with Gasteiger partial charge in [-0.3, -0.25) is 0 Å². The van der Waals surface area contributed by atoms with E-state index in [0.29, 0.717) is 0 Å². The zero-order valence-corrected chi connectivity index (χ0v) is 8.08. The summed E-state index contributed by atoms with van der Waals surface area (Å²) < 4.78 is 0. The molecule has 0 aromatic rings. The zero-order valence-electron chi connectivity index (χ0n) is 6.27. The Morgan fingerprint density at radius 1 is 0.545 bits per heavy atom.